The van der Waals surface area contributed by atoms with Gasteiger partial charge in [0.05, 0.1) is 12.8 Å². The Bertz CT molecular complexity index is 677. The van der Waals surface area contributed by atoms with Crippen LogP contribution in [0.3, 0.4) is 0 Å². The van der Waals surface area contributed by atoms with E-state index in [1.807, 2.05) is 13.8 Å². The summed E-state index contributed by atoms with van der Waals surface area (Å²) in [5, 5.41) is 16.0. The first-order valence-corrected chi connectivity index (χ1v) is 10.7. The van der Waals surface area contributed by atoms with Crippen LogP contribution in [0.5, 0.6) is 0 Å². The number of furan rings is 1. The highest BCUT2D eigenvalue weighted by molar-refractivity contribution is 5.90. The molecule has 0 radical (unpaired) electrons. The molecule has 4 fully saturated rings. The molecule has 28 heavy (non-hydrogen) atoms. The minimum atomic E-state index is -0.898. The predicted octanol–water partition coefficient (Wildman–Crippen LogP) is 2.79. The maximum absolute atomic E-state index is 13.3. The van der Waals surface area contributed by atoms with E-state index >= 15 is 0 Å². The van der Waals surface area contributed by atoms with Crippen LogP contribution in [0.2, 0.25) is 0 Å². The van der Waals surface area contributed by atoms with Crippen LogP contribution in [-0.4, -0.2) is 29.5 Å². The highest BCUT2D eigenvalue weighted by Crippen LogP contribution is 2.60. The molecular weight excluding hydrogens is 356 g/mol. The van der Waals surface area contributed by atoms with E-state index in [0.717, 1.165) is 19.3 Å². The minimum Gasteiger partial charge on any atom is -0.467 e. The van der Waals surface area contributed by atoms with Gasteiger partial charge in [0.1, 0.15) is 17.9 Å². The monoisotopic (exact) mass is 388 g/mol. The molecule has 6 heteroatoms. The Morgan fingerprint density at radius 1 is 1.18 bits per heavy atom. The molecule has 1 aromatic heterocycles. The zero-order valence-electron chi connectivity index (χ0n) is 16.8. The van der Waals surface area contributed by atoms with E-state index in [9.17, 15) is 14.7 Å². The highest BCUT2D eigenvalue weighted by atomic mass is 16.4. The molecule has 1 aromatic rings. The lowest BCUT2D eigenvalue weighted by molar-refractivity contribution is -0.149. The van der Waals surface area contributed by atoms with Crippen LogP contribution in [0.4, 0.5) is 0 Å². The van der Waals surface area contributed by atoms with E-state index in [2.05, 4.69) is 10.6 Å². The molecule has 4 bridgehead atoms. The number of hydrogen-bond donors (Lipinski definition) is 3. The van der Waals surface area contributed by atoms with Gasteiger partial charge in [-0.25, -0.2) is 0 Å². The predicted molar refractivity (Wildman–Crippen MR) is 104 cm³/mol. The molecule has 5 rings (SSSR count). The van der Waals surface area contributed by atoms with Crippen LogP contribution in [0.15, 0.2) is 22.8 Å². The SMILES string of the molecule is CC(C)C(NC(=O)C12CC3CC(CC(C3)C1)C2)C(=O)NCC(O)c1ccco1. The van der Waals surface area contributed by atoms with Crippen LogP contribution in [0, 0.1) is 29.1 Å². The fourth-order valence-electron chi connectivity index (χ4n) is 6.11. The van der Waals surface area contributed by atoms with Crippen LogP contribution < -0.4 is 10.6 Å². The van der Waals surface area contributed by atoms with E-state index < -0.39 is 12.1 Å². The molecule has 2 amide bonds. The van der Waals surface area contributed by atoms with Crippen molar-refractivity contribution in [3.63, 3.8) is 0 Å². The third-order valence-corrected chi connectivity index (χ3v) is 7.10. The van der Waals surface area contributed by atoms with E-state index in [1.165, 1.54) is 25.5 Å². The Morgan fingerprint density at radius 2 is 1.79 bits per heavy atom. The van der Waals surface area contributed by atoms with Gasteiger partial charge in [-0.05, 0) is 74.3 Å². The molecule has 154 valence electrons. The average Bonchev–Trinajstić information content (AvgIpc) is 3.17. The standard InChI is InChI=1S/C22H32N2O4/c1-13(2)19(20(26)23-12-17(25)18-4-3-5-28-18)24-21(27)22-9-14-6-15(10-22)8-16(7-14)11-22/h3-5,13-17,19,25H,6-12H2,1-2H3,(H,23,26)(H,24,27). The van der Waals surface area contributed by atoms with Crippen molar-refractivity contribution in [1.29, 1.82) is 0 Å². The van der Waals surface area contributed by atoms with Crippen molar-refractivity contribution >= 4 is 11.8 Å². The first-order valence-electron chi connectivity index (χ1n) is 10.7. The van der Waals surface area contributed by atoms with Gasteiger partial charge in [0.25, 0.3) is 0 Å². The molecule has 2 unspecified atom stereocenters. The second-order valence-corrected chi connectivity index (χ2v) is 9.67. The van der Waals surface area contributed by atoms with Crippen molar-refractivity contribution in [1.82, 2.24) is 10.6 Å². The lowest BCUT2D eigenvalue weighted by Gasteiger charge is -2.55. The summed E-state index contributed by atoms with van der Waals surface area (Å²) in [6.07, 6.45) is 7.38. The average molecular weight is 389 g/mol. The molecule has 0 saturated heterocycles. The van der Waals surface area contributed by atoms with Gasteiger partial charge in [0, 0.05) is 5.41 Å². The molecule has 4 aliphatic rings. The number of aliphatic hydroxyl groups is 1. The number of nitrogens with one attached hydrogen (secondary N) is 2. The quantitative estimate of drug-likeness (QED) is 0.670. The van der Waals surface area contributed by atoms with Crippen molar-refractivity contribution < 1.29 is 19.1 Å². The fourth-order valence-corrected chi connectivity index (χ4v) is 6.11. The summed E-state index contributed by atoms with van der Waals surface area (Å²) in [5.41, 5.74) is -0.268. The molecule has 0 spiro atoms. The normalized spacial score (nSPS) is 32.9. The van der Waals surface area contributed by atoms with Crippen LogP contribution in [-0.2, 0) is 9.59 Å². The molecule has 1 heterocycles. The summed E-state index contributed by atoms with van der Waals surface area (Å²) < 4.78 is 5.17. The smallest absolute Gasteiger partial charge is 0.242 e. The summed E-state index contributed by atoms with van der Waals surface area (Å²) in [6.45, 7) is 3.93. The van der Waals surface area contributed by atoms with Gasteiger partial charge in [-0.15, -0.1) is 0 Å². The zero-order valence-corrected chi connectivity index (χ0v) is 16.8. The Kier molecular flexibility index (Phi) is 5.25. The van der Waals surface area contributed by atoms with Gasteiger partial charge in [-0.2, -0.15) is 0 Å². The number of hydrogen-bond acceptors (Lipinski definition) is 4. The number of carbonyl (C=O) groups excluding carboxylic acids is 2. The summed E-state index contributed by atoms with van der Waals surface area (Å²) in [4.78, 5) is 26.0. The number of carbonyl (C=O) groups is 2. The van der Waals surface area contributed by atoms with Crippen LogP contribution >= 0.6 is 0 Å². The molecule has 0 aromatic carbocycles. The molecule has 2 atom stereocenters. The lowest BCUT2D eigenvalue weighted by Crippen LogP contribution is -2.58. The van der Waals surface area contributed by atoms with Crippen molar-refractivity contribution in [2.75, 3.05) is 6.54 Å². The van der Waals surface area contributed by atoms with Gasteiger partial charge in [-0.3, -0.25) is 9.59 Å². The summed E-state index contributed by atoms with van der Waals surface area (Å²) in [7, 11) is 0. The molecule has 4 saturated carbocycles. The molecular formula is C22H32N2O4. The van der Waals surface area contributed by atoms with Crippen molar-refractivity contribution in [2.24, 2.45) is 29.1 Å². The van der Waals surface area contributed by atoms with Gasteiger partial charge in [-0.1, -0.05) is 13.8 Å². The Labute approximate surface area is 166 Å². The Hall–Kier alpha value is -1.82. The van der Waals surface area contributed by atoms with Crippen molar-refractivity contribution in [3.05, 3.63) is 24.2 Å². The lowest BCUT2D eigenvalue weighted by atomic mass is 9.49. The van der Waals surface area contributed by atoms with Gasteiger partial charge in [0.15, 0.2) is 0 Å². The summed E-state index contributed by atoms with van der Waals surface area (Å²) in [6, 6.07) is 2.78. The number of rotatable bonds is 7. The third kappa shape index (κ3) is 3.71. The molecule has 3 N–H and O–H groups in total. The fraction of sp³-hybridized carbons (Fsp3) is 0.727. The number of amides is 2. The van der Waals surface area contributed by atoms with Gasteiger partial charge in [0.2, 0.25) is 11.8 Å². The highest BCUT2D eigenvalue weighted by Gasteiger charge is 2.55. The second kappa shape index (κ2) is 7.54. The first-order chi connectivity index (χ1) is 13.4. The van der Waals surface area contributed by atoms with Gasteiger partial charge < -0.3 is 20.2 Å². The Balaban J connectivity index is 1.38. The maximum atomic E-state index is 13.3. The number of aliphatic hydroxyl groups excluding tert-OH is 1. The largest absolute Gasteiger partial charge is 0.467 e. The van der Waals surface area contributed by atoms with E-state index in [1.54, 1.807) is 12.1 Å². The van der Waals surface area contributed by atoms with Crippen molar-refractivity contribution in [3.8, 4) is 0 Å². The Morgan fingerprint density at radius 3 is 2.29 bits per heavy atom. The maximum Gasteiger partial charge on any atom is 0.242 e. The van der Waals surface area contributed by atoms with E-state index in [-0.39, 0.29) is 29.7 Å². The minimum absolute atomic E-state index is 0.0291. The van der Waals surface area contributed by atoms with Crippen molar-refractivity contribution in [2.45, 2.75) is 64.5 Å². The molecule has 0 aliphatic heterocycles. The first kappa shape index (κ1) is 19.5. The van der Waals surface area contributed by atoms with Gasteiger partial charge >= 0.3 is 0 Å². The van der Waals surface area contributed by atoms with E-state index in [4.69, 9.17) is 4.42 Å². The molecule has 4 aliphatic carbocycles. The summed E-state index contributed by atoms with van der Waals surface area (Å²) >= 11 is 0. The van der Waals surface area contributed by atoms with Crippen LogP contribution in [0.25, 0.3) is 0 Å². The third-order valence-electron chi connectivity index (χ3n) is 7.10. The summed E-state index contributed by atoms with van der Waals surface area (Å²) in [5.74, 6) is 2.26. The molecule has 6 nitrogen and oxygen atoms in total. The zero-order chi connectivity index (χ0) is 19.9. The topological polar surface area (TPSA) is 91.6 Å². The van der Waals surface area contributed by atoms with E-state index in [0.29, 0.717) is 23.5 Å². The second-order valence-electron chi connectivity index (χ2n) is 9.67. The van der Waals surface area contributed by atoms with Crippen LogP contribution in [0.1, 0.15) is 64.2 Å².